The second-order valence-corrected chi connectivity index (χ2v) is 6.94. The van der Waals surface area contributed by atoms with Gasteiger partial charge in [0.15, 0.2) is 0 Å². The Hall–Kier alpha value is -2.38. The topological polar surface area (TPSA) is 64.1 Å². The minimum atomic E-state index is -0.110. The van der Waals surface area contributed by atoms with E-state index < -0.39 is 0 Å². The van der Waals surface area contributed by atoms with Crippen molar-refractivity contribution in [2.45, 2.75) is 11.9 Å². The molecule has 3 rings (SSSR count). The molecule has 0 atom stereocenters. The first-order valence-corrected chi connectivity index (χ1v) is 9.65. The van der Waals surface area contributed by atoms with Gasteiger partial charge in [-0.3, -0.25) is 4.79 Å². The predicted octanol–water partition coefficient (Wildman–Crippen LogP) is 4.33. The van der Waals surface area contributed by atoms with E-state index in [1.165, 1.54) is 11.8 Å². The second-order valence-electron chi connectivity index (χ2n) is 5.00. The van der Waals surface area contributed by atoms with Crippen LogP contribution in [-0.2, 0) is 4.79 Å². The number of benzene rings is 1. The van der Waals surface area contributed by atoms with Gasteiger partial charge in [0.2, 0.25) is 5.91 Å². The molecule has 0 spiro atoms. The third-order valence-corrected chi connectivity index (χ3v) is 5.04. The number of thiophene rings is 1. The van der Waals surface area contributed by atoms with E-state index in [4.69, 9.17) is 4.74 Å². The van der Waals surface area contributed by atoms with Gasteiger partial charge in [-0.15, -0.1) is 21.5 Å². The zero-order valence-electron chi connectivity index (χ0n) is 13.6. The summed E-state index contributed by atoms with van der Waals surface area (Å²) in [5.74, 6) is 0.817. The van der Waals surface area contributed by atoms with Crippen molar-refractivity contribution in [2.24, 2.45) is 0 Å². The molecule has 0 radical (unpaired) electrons. The van der Waals surface area contributed by atoms with Gasteiger partial charge in [0.25, 0.3) is 0 Å². The Morgan fingerprint density at radius 3 is 2.76 bits per heavy atom. The standard InChI is InChI=1S/C18H17N3O2S2/c1-2-23-15-7-4-3-6-13(15)19-17(22)12-25-18-10-9-14(20-21-18)16-8-5-11-24-16/h3-11H,2,12H2,1H3,(H,19,22). The summed E-state index contributed by atoms with van der Waals surface area (Å²) in [5.41, 5.74) is 1.52. The van der Waals surface area contributed by atoms with Gasteiger partial charge in [-0.1, -0.05) is 30.0 Å². The first-order valence-electron chi connectivity index (χ1n) is 7.78. The highest BCUT2D eigenvalue weighted by Crippen LogP contribution is 2.25. The first-order chi connectivity index (χ1) is 12.3. The van der Waals surface area contributed by atoms with E-state index in [9.17, 15) is 4.79 Å². The zero-order chi connectivity index (χ0) is 17.5. The summed E-state index contributed by atoms with van der Waals surface area (Å²) in [7, 11) is 0. The normalized spacial score (nSPS) is 10.4. The molecule has 7 heteroatoms. The minimum absolute atomic E-state index is 0.110. The van der Waals surface area contributed by atoms with Crippen LogP contribution in [0.4, 0.5) is 5.69 Å². The van der Waals surface area contributed by atoms with Gasteiger partial charge < -0.3 is 10.1 Å². The molecule has 25 heavy (non-hydrogen) atoms. The van der Waals surface area contributed by atoms with Crippen molar-refractivity contribution in [3.63, 3.8) is 0 Å². The van der Waals surface area contributed by atoms with E-state index in [0.29, 0.717) is 23.1 Å². The van der Waals surface area contributed by atoms with Crippen molar-refractivity contribution < 1.29 is 9.53 Å². The number of carbonyl (C=O) groups is 1. The average Bonchev–Trinajstić information content (AvgIpc) is 3.17. The van der Waals surface area contributed by atoms with Crippen molar-refractivity contribution in [1.82, 2.24) is 10.2 Å². The molecule has 0 unspecified atom stereocenters. The molecule has 128 valence electrons. The number of ether oxygens (including phenoxy) is 1. The maximum atomic E-state index is 12.2. The van der Waals surface area contributed by atoms with Gasteiger partial charge in [-0.2, -0.15) is 0 Å². The second kappa shape index (κ2) is 8.64. The van der Waals surface area contributed by atoms with Gasteiger partial charge >= 0.3 is 0 Å². The number of para-hydroxylation sites is 2. The Labute approximate surface area is 154 Å². The number of nitrogens with one attached hydrogen (secondary N) is 1. The van der Waals surface area contributed by atoms with Gasteiger partial charge in [0, 0.05) is 0 Å². The summed E-state index contributed by atoms with van der Waals surface area (Å²) in [4.78, 5) is 13.2. The van der Waals surface area contributed by atoms with E-state index in [1.807, 2.05) is 60.8 Å². The van der Waals surface area contributed by atoms with Crippen LogP contribution in [0.2, 0.25) is 0 Å². The SMILES string of the molecule is CCOc1ccccc1NC(=O)CSc1ccc(-c2cccs2)nn1. The molecule has 0 fully saturated rings. The van der Waals surface area contributed by atoms with Crippen LogP contribution in [0, 0.1) is 0 Å². The van der Waals surface area contributed by atoms with Crippen LogP contribution in [0.1, 0.15) is 6.92 Å². The molecule has 1 aromatic carbocycles. The highest BCUT2D eigenvalue weighted by atomic mass is 32.2. The van der Waals surface area contributed by atoms with Crippen molar-refractivity contribution in [3.05, 3.63) is 53.9 Å². The summed E-state index contributed by atoms with van der Waals surface area (Å²) in [5, 5.41) is 14.0. The number of carbonyl (C=O) groups excluding carboxylic acids is 1. The number of aromatic nitrogens is 2. The largest absolute Gasteiger partial charge is 0.492 e. The molecule has 0 saturated heterocycles. The van der Waals surface area contributed by atoms with E-state index in [-0.39, 0.29) is 11.7 Å². The predicted molar refractivity (Wildman–Crippen MR) is 102 cm³/mol. The van der Waals surface area contributed by atoms with Crippen LogP contribution in [-0.4, -0.2) is 28.5 Å². The first kappa shape index (κ1) is 17.4. The lowest BCUT2D eigenvalue weighted by Gasteiger charge is -2.10. The lowest BCUT2D eigenvalue weighted by molar-refractivity contribution is -0.113. The molecule has 0 aliphatic carbocycles. The highest BCUT2D eigenvalue weighted by Gasteiger charge is 2.09. The number of rotatable bonds is 7. The Balaban J connectivity index is 1.56. The van der Waals surface area contributed by atoms with Gasteiger partial charge in [-0.05, 0) is 42.6 Å². The molecular weight excluding hydrogens is 354 g/mol. The summed E-state index contributed by atoms with van der Waals surface area (Å²) >= 11 is 2.97. The number of anilines is 1. The highest BCUT2D eigenvalue weighted by molar-refractivity contribution is 7.99. The fourth-order valence-electron chi connectivity index (χ4n) is 2.13. The number of hydrogen-bond acceptors (Lipinski definition) is 6. The van der Waals surface area contributed by atoms with Gasteiger partial charge in [-0.25, -0.2) is 0 Å². The van der Waals surface area contributed by atoms with Gasteiger partial charge in [0.1, 0.15) is 16.5 Å². The van der Waals surface area contributed by atoms with Crippen LogP contribution in [0.15, 0.2) is 58.9 Å². The van der Waals surface area contributed by atoms with Crippen LogP contribution in [0.25, 0.3) is 10.6 Å². The maximum Gasteiger partial charge on any atom is 0.234 e. The molecule has 2 heterocycles. The van der Waals surface area contributed by atoms with Crippen molar-refractivity contribution in [3.8, 4) is 16.3 Å². The summed E-state index contributed by atoms with van der Waals surface area (Å²) in [6.45, 7) is 2.46. The molecule has 0 saturated carbocycles. The van der Waals surface area contributed by atoms with Gasteiger partial charge in [0.05, 0.1) is 22.9 Å². The van der Waals surface area contributed by atoms with E-state index in [0.717, 1.165) is 10.6 Å². The van der Waals surface area contributed by atoms with Crippen LogP contribution < -0.4 is 10.1 Å². The number of nitrogens with zero attached hydrogens (tertiary/aromatic N) is 2. The molecule has 2 aromatic heterocycles. The van der Waals surface area contributed by atoms with E-state index >= 15 is 0 Å². The minimum Gasteiger partial charge on any atom is -0.492 e. The molecular formula is C18H17N3O2S2. The average molecular weight is 371 g/mol. The van der Waals surface area contributed by atoms with Crippen molar-refractivity contribution in [1.29, 1.82) is 0 Å². The maximum absolute atomic E-state index is 12.2. The zero-order valence-corrected chi connectivity index (χ0v) is 15.3. The summed E-state index contributed by atoms with van der Waals surface area (Å²) < 4.78 is 5.51. The van der Waals surface area contributed by atoms with E-state index in [2.05, 4.69) is 15.5 Å². The van der Waals surface area contributed by atoms with E-state index in [1.54, 1.807) is 11.3 Å². The Morgan fingerprint density at radius 2 is 2.04 bits per heavy atom. The number of amides is 1. The molecule has 0 bridgehead atoms. The van der Waals surface area contributed by atoms with Crippen molar-refractivity contribution >= 4 is 34.7 Å². The quantitative estimate of drug-likeness (QED) is 0.626. The molecule has 0 aliphatic rings. The molecule has 3 aromatic rings. The van der Waals surface area contributed by atoms with Crippen LogP contribution >= 0.6 is 23.1 Å². The lowest BCUT2D eigenvalue weighted by Crippen LogP contribution is -2.15. The summed E-state index contributed by atoms with van der Waals surface area (Å²) in [6, 6.07) is 15.2. The smallest absolute Gasteiger partial charge is 0.234 e. The fourth-order valence-corrected chi connectivity index (χ4v) is 3.43. The monoisotopic (exact) mass is 371 g/mol. The Morgan fingerprint density at radius 1 is 1.16 bits per heavy atom. The third kappa shape index (κ3) is 4.80. The van der Waals surface area contributed by atoms with Crippen molar-refractivity contribution in [2.75, 3.05) is 17.7 Å². The summed E-state index contributed by atoms with van der Waals surface area (Å²) in [6.07, 6.45) is 0. The number of hydrogen-bond donors (Lipinski definition) is 1. The Bertz CT molecular complexity index is 821. The Kier molecular flexibility index (Phi) is 6.03. The molecule has 5 nitrogen and oxygen atoms in total. The molecule has 1 amide bonds. The molecule has 0 aliphatic heterocycles. The lowest BCUT2D eigenvalue weighted by atomic mass is 10.3. The van der Waals surface area contributed by atoms with Crippen LogP contribution in [0.5, 0.6) is 5.75 Å². The molecule has 1 N–H and O–H groups in total. The van der Waals surface area contributed by atoms with Crippen LogP contribution in [0.3, 0.4) is 0 Å². The third-order valence-electron chi connectivity index (χ3n) is 3.23. The fraction of sp³-hybridized carbons (Fsp3) is 0.167. The number of thioether (sulfide) groups is 1.